The molecule has 0 amide bonds. The van der Waals surface area contributed by atoms with Crippen molar-refractivity contribution >= 4 is 0 Å². The minimum atomic E-state index is -2.27. The summed E-state index contributed by atoms with van der Waals surface area (Å²) < 4.78 is 25.8. The van der Waals surface area contributed by atoms with Crippen molar-refractivity contribution in [2.75, 3.05) is 6.54 Å². The highest BCUT2D eigenvalue weighted by atomic mass is 19.3. The number of hydrogen-bond acceptors (Lipinski definition) is 1. The lowest BCUT2D eigenvalue weighted by atomic mass is 10.4. The van der Waals surface area contributed by atoms with Crippen LogP contribution in [-0.2, 0) is 13.1 Å². The van der Waals surface area contributed by atoms with Gasteiger partial charge in [0.25, 0.3) is 6.43 Å². The summed E-state index contributed by atoms with van der Waals surface area (Å²) in [5, 5.41) is 2.72. The van der Waals surface area contributed by atoms with Crippen molar-refractivity contribution in [3.63, 3.8) is 0 Å². The van der Waals surface area contributed by atoms with Crippen LogP contribution in [0.1, 0.15) is 19.0 Å². The number of halogens is 2. The molecule has 0 bridgehead atoms. The van der Waals surface area contributed by atoms with Gasteiger partial charge in [0.05, 0.1) is 6.54 Å². The summed E-state index contributed by atoms with van der Waals surface area (Å²) in [6, 6.07) is 3.89. The van der Waals surface area contributed by atoms with E-state index in [1.54, 1.807) is 0 Å². The second-order valence-corrected chi connectivity index (χ2v) is 3.21. The highest BCUT2D eigenvalue weighted by Gasteiger charge is 2.03. The van der Waals surface area contributed by atoms with Crippen molar-refractivity contribution in [2.24, 2.45) is 0 Å². The third-order valence-electron chi connectivity index (χ3n) is 1.99. The van der Waals surface area contributed by atoms with Gasteiger partial charge in [-0.2, -0.15) is 0 Å². The molecule has 0 fully saturated rings. The number of nitrogens with zero attached hydrogens (tertiary/aromatic N) is 1. The monoisotopic (exact) mass is 202 g/mol. The van der Waals surface area contributed by atoms with E-state index in [1.165, 1.54) is 0 Å². The lowest BCUT2D eigenvalue weighted by molar-refractivity contribution is 0.145. The van der Waals surface area contributed by atoms with Gasteiger partial charge in [-0.15, -0.1) is 0 Å². The van der Waals surface area contributed by atoms with Gasteiger partial charge in [0.1, 0.15) is 0 Å². The predicted octanol–water partition coefficient (Wildman–Crippen LogP) is 2.25. The van der Waals surface area contributed by atoms with Gasteiger partial charge in [-0.25, -0.2) is 8.78 Å². The van der Waals surface area contributed by atoms with Crippen LogP contribution < -0.4 is 5.32 Å². The van der Waals surface area contributed by atoms with E-state index in [4.69, 9.17) is 0 Å². The first-order valence-corrected chi connectivity index (χ1v) is 4.87. The van der Waals surface area contributed by atoms with Gasteiger partial charge in [-0.3, -0.25) is 0 Å². The number of nitrogens with one attached hydrogen (secondary N) is 1. The van der Waals surface area contributed by atoms with Crippen LogP contribution in [0.25, 0.3) is 0 Å². The minimum Gasteiger partial charge on any atom is -0.350 e. The van der Waals surface area contributed by atoms with Crippen LogP contribution in [0.4, 0.5) is 8.78 Å². The maximum absolute atomic E-state index is 11.8. The zero-order valence-corrected chi connectivity index (χ0v) is 8.34. The maximum Gasteiger partial charge on any atom is 0.250 e. The maximum atomic E-state index is 11.8. The smallest absolute Gasteiger partial charge is 0.250 e. The number of alkyl halides is 2. The third kappa shape index (κ3) is 3.46. The van der Waals surface area contributed by atoms with Gasteiger partial charge < -0.3 is 9.88 Å². The molecule has 0 spiro atoms. The van der Waals surface area contributed by atoms with Crippen molar-refractivity contribution in [3.05, 3.63) is 24.0 Å². The van der Waals surface area contributed by atoms with Crippen LogP contribution >= 0.6 is 0 Å². The summed E-state index contributed by atoms with van der Waals surface area (Å²) in [6.45, 7) is 3.31. The average molecular weight is 202 g/mol. The fourth-order valence-electron chi connectivity index (χ4n) is 1.38. The Bertz CT molecular complexity index is 258. The van der Waals surface area contributed by atoms with E-state index in [-0.39, 0.29) is 6.54 Å². The highest BCUT2D eigenvalue weighted by Crippen LogP contribution is 2.03. The van der Waals surface area contributed by atoms with Crippen LogP contribution in [0.3, 0.4) is 0 Å². The van der Waals surface area contributed by atoms with Crippen molar-refractivity contribution < 1.29 is 8.78 Å². The molecule has 0 unspecified atom stereocenters. The van der Waals surface area contributed by atoms with Crippen LogP contribution in [0, 0.1) is 0 Å². The molecule has 2 nitrogen and oxygen atoms in total. The Balaban J connectivity index is 2.37. The number of aromatic nitrogens is 1. The van der Waals surface area contributed by atoms with E-state index in [1.807, 2.05) is 18.3 Å². The number of rotatable bonds is 6. The SMILES string of the molecule is CCCn1cccc1CNCC(F)F. The number of aryl methyl sites for hydroxylation is 1. The van der Waals surface area contributed by atoms with Crippen molar-refractivity contribution in [3.8, 4) is 0 Å². The quantitative estimate of drug-likeness (QED) is 0.748. The third-order valence-corrected chi connectivity index (χ3v) is 1.99. The van der Waals surface area contributed by atoms with E-state index in [0.717, 1.165) is 18.7 Å². The molecular formula is C10H16F2N2. The zero-order valence-electron chi connectivity index (χ0n) is 8.34. The fraction of sp³-hybridized carbons (Fsp3) is 0.600. The molecule has 80 valence electrons. The Morgan fingerprint density at radius 2 is 2.29 bits per heavy atom. The molecule has 0 saturated carbocycles. The van der Waals surface area contributed by atoms with Crippen molar-refractivity contribution in [2.45, 2.75) is 32.9 Å². The van der Waals surface area contributed by atoms with Gasteiger partial charge in [0.2, 0.25) is 0 Å². The molecule has 1 aromatic heterocycles. The molecule has 14 heavy (non-hydrogen) atoms. The van der Waals surface area contributed by atoms with E-state index in [2.05, 4.69) is 16.8 Å². The van der Waals surface area contributed by atoms with Crippen LogP contribution in [0.5, 0.6) is 0 Å². The highest BCUT2D eigenvalue weighted by molar-refractivity contribution is 5.06. The standard InChI is InChI=1S/C10H16F2N2/c1-2-5-14-6-3-4-9(14)7-13-8-10(11)12/h3-4,6,10,13H,2,5,7-8H2,1H3. The largest absolute Gasteiger partial charge is 0.350 e. The van der Waals surface area contributed by atoms with Gasteiger partial charge in [-0.05, 0) is 18.6 Å². The molecule has 0 radical (unpaired) electrons. The molecule has 1 rings (SSSR count). The Hall–Kier alpha value is -0.900. The first-order chi connectivity index (χ1) is 6.74. The van der Waals surface area contributed by atoms with Crippen LogP contribution in [0.15, 0.2) is 18.3 Å². The predicted molar refractivity (Wildman–Crippen MR) is 52.4 cm³/mol. The Morgan fingerprint density at radius 3 is 2.93 bits per heavy atom. The first kappa shape index (κ1) is 11.2. The van der Waals surface area contributed by atoms with Crippen LogP contribution in [0.2, 0.25) is 0 Å². The summed E-state index contributed by atoms with van der Waals surface area (Å²) >= 11 is 0. The summed E-state index contributed by atoms with van der Waals surface area (Å²) in [7, 11) is 0. The van der Waals surface area contributed by atoms with Gasteiger partial charge in [-0.1, -0.05) is 6.92 Å². The van der Waals surface area contributed by atoms with Crippen molar-refractivity contribution in [1.82, 2.24) is 9.88 Å². The van der Waals surface area contributed by atoms with Crippen LogP contribution in [-0.4, -0.2) is 17.5 Å². The van der Waals surface area contributed by atoms with E-state index >= 15 is 0 Å². The molecular weight excluding hydrogens is 186 g/mol. The molecule has 0 atom stereocenters. The summed E-state index contributed by atoms with van der Waals surface area (Å²) in [4.78, 5) is 0. The molecule has 1 N–H and O–H groups in total. The van der Waals surface area contributed by atoms with Gasteiger partial charge in [0.15, 0.2) is 0 Å². The normalized spacial score (nSPS) is 11.1. The van der Waals surface area contributed by atoms with Crippen molar-refractivity contribution in [1.29, 1.82) is 0 Å². The summed E-state index contributed by atoms with van der Waals surface area (Å²) in [6.07, 6.45) is 0.754. The molecule has 4 heteroatoms. The fourth-order valence-corrected chi connectivity index (χ4v) is 1.38. The Labute approximate surface area is 82.9 Å². The minimum absolute atomic E-state index is 0.239. The lowest BCUT2D eigenvalue weighted by Gasteiger charge is -2.08. The molecule has 0 saturated heterocycles. The Kier molecular flexibility index (Phi) is 4.59. The molecule has 0 aliphatic heterocycles. The molecule has 0 aliphatic carbocycles. The average Bonchev–Trinajstić information content (AvgIpc) is 2.53. The molecule has 0 aromatic carbocycles. The second kappa shape index (κ2) is 5.75. The summed E-state index contributed by atoms with van der Waals surface area (Å²) in [5.74, 6) is 0. The Morgan fingerprint density at radius 1 is 1.50 bits per heavy atom. The molecule has 1 aromatic rings. The van der Waals surface area contributed by atoms with Gasteiger partial charge in [0, 0.05) is 25.0 Å². The first-order valence-electron chi connectivity index (χ1n) is 4.87. The van der Waals surface area contributed by atoms with E-state index in [9.17, 15) is 8.78 Å². The topological polar surface area (TPSA) is 17.0 Å². The van der Waals surface area contributed by atoms with Gasteiger partial charge >= 0.3 is 0 Å². The molecule has 0 aliphatic rings. The molecule has 1 heterocycles. The lowest BCUT2D eigenvalue weighted by Crippen LogP contribution is -2.22. The zero-order chi connectivity index (χ0) is 10.4. The summed E-state index contributed by atoms with van der Waals surface area (Å²) in [5.41, 5.74) is 1.06. The number of hydrogen-bond donors (Lipinski definition) is 1. The van der Waals surface area contributed by atoms with E-state index < -0.39 is 6.43 Å². The van der Waals surface area contributed by atoms with E-state index in [0.29, 0.717) is 6.54 Å². The second-order valence-electron chi connectivity index (χ2n) is 3.21.